The first-order chi connectivity index (χ1) is 10.6. The molecule has 1 atom stereocenters. The molecule has 0 aliphatic carbocycles. The second-order valence-electron chi connectivity index (χ2n) is 4.81. The quantitative estimate of drug-likeness (QED) is 0.853. The van der Waals surface area contributed by atoms with Crippen LogP contribution in [0.15, 0.2) is 47.8 Å². The van der Waals surface area contributed by atoms with Crippen LogP contribution in [0.3, 0.4) is 0 Å². The number of ether oxygens (including phenoxy) is 1. The fourth-order valence-corrected chi connectivity index (χ4v) is 3.68. The molecule has 0 N–H and O–H groups in total. The van der Waals surface area contributed by atoms with Gasteiger partial charge in [0.25, 0.3) is 0 Å². The summed E-state index contributed by atoms with van der Waals surface area (Å²) >= 11 is 0. The van der Waals surface area contributed by atoms with Crippen LogP contribution in [0.25, 0.3) is 0 Å². The number of benzene rings is 1. The maximum Gasteiger partial charge on any atom is 0.243 e. The van der Waals surface area contributed by atoms with Crippen molar-refractivity contribution in [3.8, 4) is 0 Å². The van der Waals surface area contributed by atoms with Crippen LogP contribution in [0.2, 0.25) is 0 Å². The maximum atomic E-state index is 13.0. The van der Waals surface area contributed by atoms with Gasteiger partial charge >= 0.3 is 0 Å². The topological polar surface area (TPSA) is 72.4 Å². The zero-order valence-corrected chi connectivity index (χ0v) is 12.4. The summed E-state index contributed by atoms with van der Waals surface area (Å²) in [4.78, 5) is 8.17. The molecule has 0 spiro atoms. The molecule has 1 fully saturated rings. The predicted molar refractivity (Wildman–Crippen MR) is 75.9 cm³/mol. The smallest absolute Gasteiger partial charge is 0.243 e. The Balaban J connectivity index is 1.83. The van der Waals surface area contributed by atoms with Gasteiger partial charge in [0.05, 0.1) is 23.4 Å². The number of rotatable bonds is 3. The van der Waals surface area contributed by atoms with Gasteiger partial charge in [-0.1, -0.05) is 0 Å². The molecule has 1 saturated heterocycles. The van der Waals surface area contributed by atoms with E-state index < -0.39 is 21.9 Å². The third kappa shape index (κ3) is 2.99. The van der Waals surface area contributed by atoms with E-state index in [2.05, 4.69) is 9.97 Å². The second-order valence-corrected chi connectivity index (χ2v) is 6.74. The van der Waals surface area contributed by atoms with E-state index in [1.54, 1.807) is 12.4 Å². The average Bonchev–Trinajstić information content (AvgIpc) is 2.56. The van der Waals surface area contributed by atoms with Gasteiger partial charge < -0.3 is 4.74 Å². The highest BCUT2D eigenvalue weighted by molar-refractivity contribution is 7.89. The van der Waals surface area contributed by atoms with Gasteiger partial charge in [0, 0.05) is 25.5 Å². The Morgan fingerprint density at radius 2 is 2.00 bits per heavy atom. The lowest BCUT2D eigenvalue weighted by Gasteiger charge is -2.31. The van der Waals surface area contributed by atoms with Crippen molar-refractivity contribution in [3.63, 3.8) is 0 Å². The van der Waals surface area contributed by atoms with E-state index >= 15 is 0 Å². The van der Waals surface area contributed by atoms with Gasteiger partial charge in [0.15, 0.2) is 0 Å². The van der Waals surface area contributed by atoms with Gasteiger partial charge in [0.2, 0.25) is 10.0 Å². The fraction of sp³-hybridized carbons (Fsp3) is 0.286. The van der Waals surface area contributed by atoms with Crippen molar-refractivity contribution in [2.24, 2.45) is 0 Å². The third-order valence-corrected chi connectivity index (χ3v) is 5.27. The van der Waals surface area contributed by atoms with Gasteiger partial charge in [-0.15, -0.1) is 0 Å². The average molecular weight is 323 g/mol. The van der Waals surface area contributed by atoms with Crippen LogP contribution in [0.5, 0.6) is 0 Å². The Morgan fingerprint density at radius 1 is 1.23 bits per heavy atom. The molecule has 0 bridgehead atoms. The van der Waals surface area contributed by atoms with Gasteiger partial charge in [-0.2, -0.15) is 4.31 Å². The normalized spacial score (nSPS) is 20.0. The molecule has 1 aliphatic rings. The molecule has 1 aliphatic heterocycles. The first kappa shape index (κ1) is 15.0. The SMILES string of the molecule is O=S(=O)(c1ccc(F)cc1)N1CCO[C@H](c2cnccn2)C1. The number of halogens is 1. The number of aromatic nitrogens is 2. The van der Waals surface area contributed by atoms with Crippen molar-refractivity contribution in [3.05, 3.63) is 54.4 Å². The summed E-state index contributed by atoms with van der Waals surface area (Å²) in [5.74, 6) is -0.474. The summed E-state index contributed by atoms with van der Waals surface area (Å²) in [7, 11) is -3.68. The van der Waals surface area contributed by atoms with Crippen LogP contribution < -0.4 is 0 Å². The van der Waals surface area contributed by atoms with Crippen molar-refractivity contribution in [1.82, 2.24) is 14.3 Å². The molecule has 2 aromatic rings. The van der Waals surface area contributed by atoms with Crippen molar-refractivity contribution in [2.75, 3.05) is 19.7 Å². The van der Waals surface area contributed by atoms with Gasteiger partial charge in [-0.05, 0) is 24.3 Å². The first-order valence-corrected chi connectivity index (χ1v) is 8.14. The minimum Gasteiger partial charge on any atom is -0.369 e. The molecule has 6 nitrogen and oxygen atoms in total. The van der Waals surface area contributed by atoms with Crippen LogP contribution in [-0.4, -0.2) is 42.4 Å². The summed E-state index contributed by atoms with van der Waals surface area (Å²) in [5, 5.41) is 0. The maximum absolute atomic E-state index is 13.0. The standard InChI is InChI=1S/C14H14FN3O3S/c15-11-1-3-12(4-2-11)22(19,20)18-7-8-21-14(10-18)13-9-16-5-6-17-13/h1-6,9,14H,7-8,10H2/t14-/m0/s1. The minimum atomic E-state index is -3.68. The van der Waals surface area contributed by atoms with Gasteiger partial charge in [-0.3, -0.25) is 9.97 Å². The van der Waals surface area contributed by atoms with Crippen LogP contribution >= 0.6 is 0 Å². The Hall–Kier alpha value is -1.90. The van der Waals surface area contributed by atoms with Crippen molar-refractivity contribution in [1.29, 1.82) is 0 Å². The molecular weight excluding hydrogens is 309 g/mol. The largest absolute Gasteiger partial charge is 0.369 e. The molecule has 0 saturated carbocycles. The summed E-state index contributed by atoms with van der Waals surface area (Å²) in [5.41, 5.74) is 0.585. The molecule has 0 unspecified atom stereocenters. The monoisotopic (exact) mass is 323 g/mol. The minimum absolute atomic E-state index is 0.0636. The molecular formula is C14H14FN3O3S. The molecule has 0 amide bonds. The summed E-state index contributed by atoms with van der Waals surface area (Å²) in [6.07, 6.45) is 4.17. The molecule has 0 radical (unpaired) electrons. The lowest BCUT2D eigenvalue weighted by Crippen LogP contribution is -2.42. The predicted octanol–water partition coefficient (Wildman–Crippen LogP) is 1.38. The highest BCUT2D eigenvalue weighted by atomic mass is 32.2. The molecule has 1 aromatic heterocycles. The number of hydrogen-bond acceptors (Lipinski definition) is 5. The van der Waals surface area contributed by atoms with E-state index in [1.165, 1.54) is 22.6 Å². The number of hydrogen-bond donors (Lipinski definition) is 0. The van der Waals surface area contributed by atoms with Crippen molar-refractivity contribution >= 4 is 10.0 Å². The zero-order chi connectivity index (χ0) is 15.6. The Kier molecular flexibility index (Phi) is 4.14. The van der Waals surface area contributed by atoms with E-state index in [0.29, 0.717) is 5.69 Å². The van der Waals surface area contributed by atoms with Gasteiger partial charge in [0.1, 0.15) is 11.9 Å². The summed E-state index contributed by atoms with van der Waals surface area (Å²) in [6.45, 7) is 0.663. The van der Waals surface area contributed by atoms with E-state index in [1.807, 2.05) is 0 Å². The highest BCUT2D eigenvalue weighted by Crippen LogP contribution is 2.25. The van der Waals surface area contributed by atoms with E-state index in [-0.39, 0.29) is 24.6 Å². The summed E-state index contributed by atoms with van der Waals surface area (Å²) < 4.78 is 45.0. The molecule has 116 valence electrons. The first-order valence-electron chi connectivity index (χ1n) is 6.70. The van der Waals surface area contributed by atoms with Crippen LogP contribution in [-0.2, 0) is 14.8 Å². The Morgan fingerprint density at radius 3 is 2.68 bits per heavy atom. The fourth-order valence-electron chi connectivity index (χ4n) is 2.26. The van der Waals surface area contributed by atoms with E-state index in [4.69, 9.17) is 4.74 Å². The molecule has 1 aromatic carbocycles. The number of sulfonamides is 1. The van der Waals surface area contributed by atoms with E-state index in [0.717, 1.165) is 12.1 Å². The molecule has 3 rings (SSSR count). The van der Waals surface area contributed by atoms with E-state index in [9.17, 15) is 12.8 Å². The van der Waals surface area contributed by atoms with Gasteiger partial charge in [-0.25, -0.2) is 12.8 Å². The summed E-state index contributed by atoms with van der Waals surface area (Å²) in [6, 6.07) is 4.79. The molecule has 22 heavy (non-hydrogen) atoms. The highest BCUT2D eigenvalue weighted by Gasteiger charge is 2.32. The van der Waals surface area contributed by atoms with Crippen LogP contribution in [0.1, 0.15) is 11.8 Å². The van der Waals surface area contributed by atoms with Crippen molar-refractivity contribution < 1.29 is 17.5 Å². The molecule has 8 heteroatoms. The zero-order valence-electron chi connectivity index (χ0n) is 11.6. The van der Waals surface area contributed by atoms with Crippen LogP contribution in [0.4, 0.5) is 4.39 Å². The van der Waals surface area contributed by atoms with Crippen LogP contribution in [0, 0.1) is 5.82 Å². The third-order valence-electron chi connectivity index (χ3n) is 3.39. The Labute approximate surface area is 127 Å². The number of nitrogens with zero attached hydrogens (tertiary/aromatic N) is 3. The lowest BCUT2D eigenvalue weighted by atomic mass is 10.2. The second kappa shape index (κ2) is 6.07. The van der Waals surface area contributed by atoms with Crippen molar-refractivity contribution in [2.45, 2.75) is 11.0 Å². The Bertz CT molecular complexity index is 738. The lowest BCUT2D eigenvalue weighted by molar-refractivity contribution is -0.00514. The number of morpholine rings is 1. The molecule has 2 heterocycles.